The lowest BCUT2D eigenvalue weighted by Gasteiger charge is -2.18. The molecule has 3 aromatic heterocycles. The summed E-state index contributed by atoms with van der Waals surface area (Å²) in [5.74, 6) is 0.347. The van der Waals surface area contributed by atoms with Crippen LogP contribution in [0.4, 0.5) is 4.79 Å². The third kappa shape index (κ3) is 4.15. The van der Waals surface area contributed by atoms with Crippen molar-refractivity contribution in [2.45, 2.75) is 55.0 Å². The van der Waals surface area contributed by atoms with Crippen LogP contribution in [0.5, 0.6) is 0 Å². The molecule has 2 aliphatic rings. The van der Waals surface area contributed by atoms with Gasteiger partial charge in [-0.15, -0.1) is 10.2 Å². The summed E-state index contributed by atoms with van der Waals surface area (Å²) in [6, 6.07) is 8.01. The number of sulfone groups is 1. The van der Waals surface area contributed by atoms with Crippen molar-refractivity contribution in [3.63, 3.8) is 0 Å². The lowest BCUT2D eigenvalue weighted by Crippen LogP contribution is -2.45. The van der Waals surface area contributed by atoms with Crippen molar-refractivity contribution in [2.24, 2.45) is 5.92 Å². The van der Waals surface area contributed by atoms with Gasteiger partial charge in [0.15, 0.2) is 11.3 Å². The van der Waals surface area contributed by atoms with Gasteiger partial charge in [-0.3, -0.25) is 4.40 Å². The largest absolute Gasteiger partial charge is 0.447 e. The average Bonchev–Trinajstić information content (AvgIpc) is 3.68. The molecule has 1 aliphatic carbocycles. The van der Waals surface area contributed by atoms with Crippen LogP contribution in [-0.2, 0) is 24.8 Å². The Hall–Kier alpha value is -3.56. The first-order valence-electron chi connectivity index (χ1n) is 12.6. The molecule has 0 bridgehead atoms. The maximum atomic E-state index is 13.8. The first-order valence-corrected chi connectivity index (χ1v) is 15.5. The fraction of sp³-hybridized carbons (Fsp3) is 0.417. The number of nitrogens with zero attached hydrogens (tertiary/aromatic N) is 5. The Bertz CT molecular complexity index is 1810. The van der Waals surface area contributed by atoms with Crippen LogP contribution >= 0.6 is 0 Å². The number of cyclic esters (lactones) is 1. The van der Waals surface area contributed by atoms with Crippen LogP contribution in [0.2, 0.25) is 0 Å². The van der Waals surface area contributed by atoms with Crippen molar-refractivity contribution >= 4 is 43.0 Å². The number of fused-ring (bicyclic) bond motifs is 3. The number of hydrogen-bond donors (Lipinski definition) is 2. The van der Waals surface area contributed by atoms with Gasteiger partial charge < -0.3 is 9.72 Å². The van der Waals surface area contributed by atoms with E-state index in [2.05, 4.69) is 24.9 Å². The van der Waals surface area contributed by atoms with Crippen molar-refractivity contribution in [3.8, 4) is 0 Å². The molecule has 4 aromatic rings. The van der Waals surface area contributed by atoms with Crippen LogP contribution in [0.25, 0.3) is 16.8 Å². The quantitative estimate of drug-likeness (QED) is 0.337. The van der Waals surface area contributed by atoms with E-state index in [0.717, 1.165) is 6.42 Å². The summed E-state index contributed by atoms with van der Waals surface area (Å²) in [7, 11) is -8.11. The molecule has 0 unspecified atom stereocenters. The number of amides is 1. The summed E-state index contributed by atoms with van der Waals surface area (Å²) in [6.07, 6.45) is 2.43. The molecule has 4 heterocycles. The van der Waals surface area contributed by atoms with E-state index in [1.165, 1.54) is 6.07 Å². The Morgan fingerprint density at radius 3 is 2.64 bits per heavy atom. The van der Waals surface area contributed by atoms with Gasteiger partial charge in [-0.05, 0) is 43.4 Å². The van der Waals surface area contributed by atoms with Crippen LogP contribution in [0.1, 0.15) is 43.5 Å². The summed E-state index contributed by atoms with van der Waals surface area (Å²) < 4.78 is 63.1. The van der Waals surface area contributed by atoms with Gasteiger partial charge in [0.2, 0.25) is 14.9 Å². The molecule has 6 rings (SSSR count). The standard InChI is InChI=1S/C24H27N7O6S2/c1-3-15-12-16(29-39(35,36)30-10-11-37-24(30)32)13-17(15)21-27-28-22-23(26-20-18(31(21)22)8-9-25-20)38(33,34)19-7-5-4-6-14(19)2/h4-9,15-17,25,29H,3,10-13H2,1-2H3/t15-,16+,17+/m1/s1. The van der Waals surface area contributed by atoms with E-state index in [1.54, 1.807) is 41.8 Å². The van der Waals surface area contributed by atoms with Gasteiger partial charge in [0, 0.05) is 18.2 Å². The molecule has 0 radical (unpaired) electrons. The van der Waals surface area contributed by atoms with E-state index in [9.17, 15) is 21.6 Å². The molecule has 1 aromatic carbocycles. The number of H-pyrrole nitrogens is 1. The highest BCUT2D eigenvalue weighted by Gasteiger charge is 2.42. The van der Waals surface area contributed by atoms with Gasteiger partial charge in [0.1, 0.15) is 12.4 Å². The molecule has 2 fully saturated rings. The van der Waals surface area contributed by atoms with E-state index < -0.39 is 32.2 Å². The SMILES string of the molecule is CC[C@@H]1C[C@H](NS(=O)(=O)N2CCOC2=O)C[C@@H]1c1nnc2c(S(=O)(=O)c3ccccc3C)nc3[nH]ccc3n12. The Kier molecular flexibility index (Phi) is 6.11. The summed E-state index contributed by atoms with van der Waals surface area (Å²) >= 11 is 0. The number of nitrogens with one attached hydrogen (secondary N) is 2. The maximum absolute atomic E-state index is 13.8. The van der Waals surface area contributed by atoms with Gasteiger partial charge in [-0.25, -0.2) is 18.2 Å². The maximum Gasteiger partial charge on any atom is 0.424 e. The molecular formula is C24H27N7O6S2. The zero-order valence-electron chi connectivity index (χ0n) is 21.2. The molecular weight excluding hydrogens is 546 g/mol. The molecule has 3 atom stereocenters. The first kappa shape index (κ1) is 25.7. The molecule has 39 heavy (non-hydrogen) atoms. The zero-order chi connectivity index (χ0) is 27.5. The molecule has 1 saturated carbocycles. The van der Waals surface area contributed by atoms with E-state index >= 15 is 0 Å². The molecule has 1 aliphatic heterocycles. The number of aromatic amines is 1. The highest BCUT2D eigenvalue weighted by molar-refractivity contribution is 7.91. The second kappa shape index (κ2) is 9.27. The number of ether oxygens (including phenoxy) is 1. The Labute approximate surface area is 224 Å². The molecule has 1 amide bonds. The monoisotopic (exact) mass is 573 g/mol. The van der Waals surface area contributed by atoms with E-state index in [0.29, 0.717) is 39.7 Å². The Morgan fingerprint density at radius 2 is 1.92 bits per heavy atom. The second-order valence-electron chi connectivity index (χ2n) is 9.87. The number of hydrogen-bond acceptors (Lipinski definition) is 9. The minimum atomic E-state index is -4.07. The summed E-state index contributed by atoms with van der Waals surface area (Å²) in [4.78, 5) is 19.4. The van der Waals surface area contributed by atoms with Crippen LogP contribution < -0.4 is 4.72 Å². The number of aryl methyl sites for hydroxylation is 1. The summed E-state index contributed by atoms with van der Waals surface area (Å²) in [5.41, 5.74) is 1.68. The third-order valence-corrected chi connectivity index (χ3v) is 10.9. The van der Waals surface area contributed by atoms with E-state index in [-0.39, 0.29) is 40.6 Å². The fourth-order valence-corrected chi connectivity index (χ4v) is 8.54. The van der Waals surface area contributed by atoms with Crippen LogP contribution in [0.15, 0.2) is 46.5 Å². The lowest BCUT2D eigenvalue weighted by molar-refractivity contribution is 0.169. The highest BCUT2D eigenvalue weighted by Crippen LogP contribution is 2.42. The Balaban J connectivity index is 1.42. The number of aromatic nitrogens is 5. The molecule has 1 saturated heterocycles. The third-order valence-electron chi connectivity index (χ3n) is 7.56. The van der Waals surface area contributed by atoms with Gasteiger partial charge in [0.25, 0.3) is 0 Å². The fourth-order valence-electron chi connectivity index (χ4n) is 5.69. The molecule has 206 valence electrons. The molecule has 2 N–H and O–H groups in total. The smallest absolute Gasteiger partial charge is 0.424 e. The average molecular weight is 574 g/mol. The minimum Gasteiger partial charge on any atom is -0.447 e. The van der Waals surface area contributed by atoms with E-state index in [1.807, 2.05) is 6.92 Å². The summed E-state index contributed by atoms with van der Waals surface area (Å²) in [5, 5.41) is 8.55. The van der Waals surface area contributed by atoms with Crippen LogP contribution in [0.3, 0.4) is 0 Å². The highest BCUT2D eigenvalue weighted by atomic mass is 32.2. The normalized spacial score (nSPS) is 22.3. The first-order chi connectivity index (χ1) is 18.6. The van der Waals surface area contributed by atoms with Crippen molar-refractivity contribution in [1.82, 2.24) is 33.6 Å². The van der Waals surface area contributed by atoms with Gasteiger partial charge >= 0.3 is 16.3 Å². The zero-order valence-corrected chi connectivity index (χ0v) is 22.9. The minimum absolute atomic E-state index is 0.0187. The number of carbonyl (C=O) groups is 1. The second-order valence-corrected chi connectivity index (χ2v) is 13.3. The van der Waals surface area contributed by atoms with Gasteiger partial charge in [0.05, 0.1) is 17.0 Å². The predicted molar refractivity (Wildman–Crippen MR) is 139 cm³/mol. The topological polar surface area (TPSA) is 169 Å². The Morgan fingerprint density at radius 1 is 1.13 bits per heavy atom. The lowest BCUT2D eigenvalue weighted by atomic mass is 9.93. The molecule has 0 spiro atoms. The summed E-state index contributed by atoms with van der Waals surface area (Å²) in [6.45, 7) is 3.72. The van der Waals surface area contributed by atoms with Crippen LogP contribution in [0, 0.1) is 12.8 Å². The van der Waals surface area contributed by atoms with Crippen molar-refractivity contribution in [1.29, 1.82) is 0 Å². The molecule has 15 heteroatoms. The number of benzene rings is 1. The van der Waals surface area contributed by atoms with Crippen molar-refractivity contribution in [3.05, 3.63) is 47.9 Å². The number of carbonyl (C=O) groups excluding carboxylic acids is 1. The van der Waals surface area contributed by atoms with Crippen molar-refractivity contribution < 1.29 is 26.4 Å². The van der Waals surface area contributed by atoms with E-state index in [4.69, 9.17) is 4.74 Å². The number of rotatable bonds is 7. The molecule has 13 nitrogen and oxygen atoms in total. The van der Waals surface area contributed by atoms with Crippen LogP contribution in [-0.4, -0.2) is 71.0 Å². The van der Waals surface area contributed by atoms with Crippen molar-refractivity contribution in [2.75, 3.05) is 13.2 Å². The predicted octanol–water partition coefficient (Wildman–Crippen LogP) is 2.31. The van der Waals surface area contributed by atoms with Gasteiger partial charge in [-0.2, -0.15) is 17.4 Å². The van der Waals surface area contributed by atoms with Gasteiger partial charge in [-0.1, -0.05) is 31.5 Å².